The van der Waals surface area contributed by atoms with Crippen molar-refractivity contribution in [3.8, 4) is 0 Å². The molecule has 0 saturated heterocycles. The molecule has 0 amide bonds. The van der Waals surface area contributed by atoms with E-state index >= 15 is 0 Å². The van der Waals surface area contributed by atoms with Crippen LogP contribution in [0, 0.1) is 0 Å². The third-order valence-electron chi connectivity index (χ3n) is 3.14. The van der Waals surface area contributed by atoms with Crippen LogP contribution in [0.3, 0.4) is 0 Å². The summed E-state index contributed by atoms with van der Waals surface area (Å²) in [4.78, 5) is 6.71. The first-order valence-electron chi connectivity index (χ1n) is 7.23. The Morgan fingerprint density at radius 1 is 1.05 bits per heavy atom. The van der Waals surface area contributed by atoms with E-state index in [1.54, 1.807) is 0 Å². The molecule has 0 aromatic carbocycles. The lowest BCUT2D eigenvalue weighted by atomic mass is 10.2. The molecule has 1 rings (SSSR count). The maximum absolute atomic E-state index is 4.23. The van der Waals surface area contributed by atoms with Crippen molar-refractivity contribution in [1.82, 2.24) is 9.88 Å². The molecule has 0 radical (unpaired) electrons. The number of nitrogens with one attached hydrogen (secondary N) is 2. The van der Waals surface area contributed by atoms with E-state index in [2.05, 4.69) is 61.2 Å². The Morgan fingerprint density at radius 3 is 2.16 bits per heavy atom. The molecular formula is C15H28N4. The van der Waals surface area contributed by atoms with Crippen molar-refractivity contribution in [2.75, 3.05) is 30.3 Å². The van der Waals surface area contributed by atoms with Gasteiger partial charge in [0.15, 0.2) is 0 Å². The van der Waals surface area contributed by atoms with Gasteiger partial charge in [0.05, 0.1) is 23.8 Å². The first-order chi connectivity index (χ1) is 9.04. The van der Waals surface area contributed by atoms with Crippen LogP contribution < -0.4 is 10.6 Å². The maximum Gasteiger partial charge on any atom is 0.0547 e. The Hall–Kier alpha value is -1.29. The standard InChI is InChI=1S/C15H28N4/c1-6-17-14-9-15(11-16-10-14)18-7-8-19(12(2)3)13(4)5/h9-13,17-18H,6-8H2,1-5H3. The molecule has 0 spiro atoms. The summed E-state index contributed by atoms with van der Waals surface area (Å²) in [5.41, 5.74) is 2.14. The van der Waals surface area contributed by atoms with Crippen LogP contribution in [-0.2, 0) is 0 Å². The summed E-state index contributed by atoms with van der Waals surface area (Å²) >= 11 is 0. The van der Waals surface area contributed by atoms with Crippen molar-refractivity contribution in [2.45, 2.75) is 46.7 Å². The Bertz CT molecular complexity index is 355. The minimum Gasteiger partial charge on any atom is -0.384 e. The van der Waals surface area contributed by atoms with Gasteiger partial charge in [0.1, 0.15) is 0 Å². The Kier molecular flexibility index (Phi) is 6.64. The van der Waals surface area contributed by atoms with Crippen LogP contribution in [0.1, 0.15) is 34.6 Å². The Labute approximate surface area is 117 Å². The van der Waals surface area contributed by atoms with E-state index in [4.69, 9.17) is 0 Å². The van der Waals surface area contributed by atoms with Gasteiger partial charge < -0.3 is 10.6 Å². The van der Waals surface area contributed by atoms with Crippen LogP contribution in [0.5, 0.6) is 0 Å². The van der Waals surface area contributed by atoms with Crippen molar-refractivity contribution in [3.05, 3.63) is 18.5 Å². The van der Waals surface area contributed by atoms with Crippen molar-refractivity contribution < 1.29 is 0 Å². The number of nitrogens with zero attached hydrogens (tertiary/aromatic N) is 2. The lowest BCUT2D eigenvalue weighted by molar-refractivity contribution is 0.182. The van der Waals surface area contributed by atoms with E-state index in [0.717, 1.165) is 31.0 Å². The highest BCUT2D eigenvalue weighted by atomic mass is 15.2. The first-order valence-corrected chi connectivity index (χ1v) is 7.23. The molecular weight excluding hydrogens is 236 g/mol. The molecule has 0 aliphatic heterocycles. The fourth-order valence-electron chi connectivity index (χ4n) is 2.28. The normalized spacial score (nSPS) is 11.4. The molecule has 0 aliphatic rings. The topological polar surface area (TPSA) is 40.2 Å². The van der Waals surface area contributed by atoms with Gasteiger partial charge in [-0.05, 0) is 40.7 Å². The molecule has 108 valence electrons. The zero-order chi connectivity index (χ0) is 14.3. The van der Waals surface area contributed by atoms with Crippen LogP contribution in [0.25, 0.3) is 0 Å². The van der Waals surface area contributed by atoms with E-state index in [1.165, 1.54) is 0 Å². The minimum absolute atomic E-state index is 0.577. The quantitative estimate of drug-likeness (QED) is 0.757. The van der Waals surface area contributed by atoms with Gasteiger partial charge in [-0.25, -0.2) is 0 Å². The highest BCUT2D eigenvalue weighted by Gasteiger charge is 2.12. The molecule has 4 heteroatoms. The third kappa shape index (κ3) is 5.47. The summed E-state index contributed by atoms with van der Waals surface area (Å²) in [5.74, 6) is 0. The van der Waals surface area contributed by atoms with E-state index in [1.807, 2.05) is 12.4 Å². The molecule has 0 fully saturated rings. The largest absolute Gasteiger partial charge is 0.384 e. The van der Waals surface area contributed by atoms with Crippen LogP contribution in [-0.4, -0.2) is 41.6 Å². The second-order valence-electron chi connectivity index (χ2n) is 5.34. The number of aromatic nitrogens is 1. The third-order valence-corrected chi connectivity index (χ3v) is 3.14. The SMILES string of the molecule is CCNc1cncc(NCCN(C(C)C)C(C)C)c1. The second kappa shape index (κ2) is 8.00. The smallest absolute Gasteiger partial charge is 0.0547 e. The van der Waals surface area contributed by atoms with Gasteiger partial charge in [0.25, 0.3) is 0 Å². The molecule has 0 unspecified atom stereocenters. The van der Waals surface area contributed by atoms with E-state index in [-0.39, 0.29) is 0 Å². The van der Waals surface area contributed by atoms with Crippen molar-refractivity contribution >= 4 is 11.4 Å². The maximum atomic E-state index is 4.23. The summed E-state index contributed by atoms with van der Waals surface area (Å²) in [6.07, 6.45) is 3.72. The first kappa shape index (κ1) is 15.8. The monoisotopic (exact) mass is 264 g/mol. The molecule has 1 heterocycles. The second-order valence-corrected chi connectivity index (χ2v) is 5.34. The van der Waals surface area contributed by atoms with Gasteiger partial charge in [0.2, 0.25) is 0 Å². The fourth-order valence-corrected chi connectivity index (χ4v) is 2.28. The fraction of sp³-hybridized carbons (Fsp3) is 0.667. The van der Waals surface area contributed by atoms with E-state index in [0.29, 0.717) is 12.1 Å². The minimum atomic E-state index is 0.577. The predicted molar refractivity (Wildman–Crippen MR) is 83.9 cm³/mol. The summed E-state index contributed by atoms with van der Waals surface area (Å²) in [6.45, 7) is 14.0. The molecule has 2 N–H and O–H groups in total. The van der Waals surface area contributed by atoms with E-state index in [9.17, 15) is 0 Å². The van der Waals surface area contributed by atoms with Crippen molar-refractivity contribution in [2.24, 2.45) is 0 Å². The lowest BCUT2D eigenvalue weighted by Crippen LogP contribution is -2.40. The number of hydrogen-bond acceptors (Lipinski definition) is 4. The zero-order valence-electron chi connectivity index (χ0n) is 12.9. The Morgan fingerprint density at radius 2 is 1.63 bits per heavy atom. The average molecular weight is 264 g/mol. The highest BCUT2D eigenvalue weighted by molar-refractivity contribution is 5.53. The molecule has 0 saturated carbocycles. The van der Waals surface area contributed by atoms with Gasteiger partial charge in [-0.2, -0.15) is 0 Å². The number of anilines is 2. The van der Waals surface area contributed by atoms with Crippen LogP contribution in [0.15, 0.2) is 18.5 Å². The molecule has 19 heavy (non-hydrogen) atoms. The Balaban J connectivity index is 2.45. The zero-order valence-corrected chi connectivity index (χ0v) is 12.9. The van der Waals surface area contributed by atoms with Crippen molar-refractivity contribution in [3.63, 3.8) is 0 Å². The summed E-state index contributed by atoms with van der Waals surface area (Å²) in [5, 5.41) is 6.71. The highest BCUT2D eigenvalue weighted by Crippen LogP contribution is 2.12. The molecule has 4 nitrogen and oxygen atoms in total. The average Bonchev–Trinajstić information content (AvgIpc) is 2.34. The molecule has 0 aliphatic carbocycles. The summed E-state index contributed by atoms with van der Waals surface area (Å²) < 4.78 is 0. The molecule has 1 aromatic rings. The molecule has 0 atom stereocenters. The lowest BCUT2D eigenvalue weighted by Gasteiger charge is -2.30. The van der Waals surface area contributed by atoms with Crippen LogP contribution >= 0.6 is 0 Å². The molecule has 0 bridgehead atoms. The summed E-state index contributed by atoms with van der Waals surface area (Å²) in [6, 6.07) is 3.26. The summed E-state index contributed by atoms with van der Waals surface area (Å²) in [7, 11) is 0. The van der Waals surface area contributed by atoms with Crippen LogP contribution in [0.2, 0.25) is 0 Å². The van der Waals surface area contributed by atoms with Gasteiger partial charge in [-0.3, -0.25) is 9.88 Å². The van der Waals surface area contributed by atoms with Gasteiger partial charge in [-0.15, -0.1) is 0 Å². The number of rotatable bonds is 8. The van der Waals surface area contributed by atoms with Gasteiger partial charge in [0, 0.05) is 31.7 Å². The number of hydrogen-bond donors (Lipinski definition) is 2. The molecule has 1 aromatic heterocycles. The van der Waals surface area contributed by atoms with E-state index < -0.39 is 0 Å². The van der Waals surface area contributed by atoms with Crippen molar-refractivity contribution in [1.29, 1.82) is 0 Å². The van der Waals surface area contributed by atoms with Gasteiger partial charge >= 0.3 is 0 Å². The predicted octanol–water partition coefficient (Wildman–Crippen LogP) is 3.04. The van der Waals surface area contributed by atoms with Gasteiger partial charge in [-0.1, -0.05) is 0 Å². The van der Waals surface area contributed by atoms with Crippen LogP contribution in [0.4, 0.5) is 11.4 Å². The number of pyridine rings is 1.